The number of hydrogen-bond acceptors (Lipinski definition) is 8. The predicted octanol–water partition coefficient (Wildman–Crippen LogP) is 7.91. The topological polar surface area (TPSA) is 114 Å². The van der Waals surface area contributed by atoms with Crippen LogP contribution in [0.1, 0.15) is 21.5 Å². The molecule has 4 aromatic carbocycles. The molecule has 0 saturated heterocycles. The van der Waals surface area contributed by atoms with Gasteiger partial charge in [-0.25, -0.2) is 10.4 Å². The van der Waals surface area contributed by atoms with Crippen LogP contribution in [0.3, 0.4) is 0 Å². The lowest BCUT2D eigenvalue weighted by atomic mass is 10.1. The van der Waals surface area contributed by atoms with E-state index in [0.717, 1.165) is 22.1 Å². The van der Waals surface area contributed by atoms with Crippen molar-refractivity contribution in [3.05, 3.63) is 116 Å². The molecule has 0 spiro atoms. The van der Waals surface area contributed by atoms with E-state index in [1.165, 1.54) is 30.2 Å². The first-order chi connectivity index (χ1) is 21.8. The molecule has 12 heteroatoms. The largest absolute Gasteiger partial charge is 0.493 e. The van der Waals surface area contributed by atoms with Crippen LogP contribution in [0.15, 0.2) is 95.4 Å². The van der Waals surface area contributed by atoms with Crippen LogP contribution in [0.25, 0.3) is 11.3 Å². The standard InChI is InChI=1S/C33H27ClIN5O4S/c1-20-3-11-26(12-4-20)38-33-39-28(19-45-33)22-5-7-23(8-6-22)32(42)40-36-17-21-15-27(35)31(29(16-21)43-2)44-18-30(41)37-25-13-9-24(34)10-14-25/h3-17,19H,18H2,1-2H3,(H,37,41)(H,38,39)(H,40,42)/b36-17+. The molecule has 5 rings (SSSR count). The van der Waals surface area contributed by atoms with Crippen LogP contribution in [0.4, 0.5) is 16.5 Å². The van der Waals surface area contributed by atoms with Gasteiger partial charge in [-0.1, -0.05) is 41.4 Å². The van der Waals surface area contributed by atoms with E-state index in [1.807, 2.05) is 48.7 Å². The third-order valence-corrected chi connectivity index (χ3v) is 8.17. The van der Waals surface area contributed by atoms with Gasteiger partial charge in [-0.3, -0.25) is 9.59 Å². The summed E-state index contributed by atoms with van der Waals surface area (Å²) in [5, 5.41) is 13.5. The number of methoxy groups -OCH3 is 1. The summed E-state index contributed by atoms with van der Waals surface area (Å²) in [6.07, 6.45) is 1.51. The highest BCUT2D eigenvalue weighted by atomic mass is 127. The van der Waals surface area contributed by atoms with E-state index < -0.39 is 0 Å². The van der Waals surface area contributed by atoms with Gasteiger partial charge in [-0.2, -0.15) is 5.10 Å². The Balaban J connectivity index is 1.15. The summed E-state index contributed by atoms with van der Waals surface area (Å²) >= 11 is 9.49. The van der Waals surface area contributed by atoms with Crippen molar-refractivity contribution in [3.8, 4) is 22.8 Å². The number of aryl methyl sites for hydroxylation is 1. The van der Waals surface area contributed by atoms with E-state index in [9.17, 15) is 9.59 Å². The van der Waals surface area contributed by atoms with Crippen molar-refractivity contribution < 1.29 is 19.1 Å². The predicted molar refractivity (Wildman–Crippen MR) is 188 cm³/mol. The van der Waals surface area contributed by atoms with E-state index in [-0.39, 0.29) is 18.4 Å². The van der Waals surface area contributed by atoms with Crippen LogP contribution in [-0.2, 0) is 4.79 Å². The van der Waals surface area contributed by atoms with Crippen LogP contribution in [0.5, 0.6) is 11.5 Å². The van der Waals surface area contributed by atoms with Gasteiger partial charge in [0.15, 0.2) is 23.2 Å². The average molecular weight is 752 g/mol. The van der Waals surface area contributed by atoms with Crippen LogP contribution in [0, 0.1) is 10.5 Å². The fraction of sp³-hybridized carbons (Fsp3) is 0.0909. The van der Waals surface area contributed by atoms with Crippen LogP contribution < -0.4 is 25.5 Å². The zero-order valence-electron chi connectivity index (χ0n) is 24.1. The Morgan fingerprint density at radius 2 is 1.71 bits per heavy atom. The summed E-state index contributed by atoms with van der Waals surface area (Å²) in [6.45, 7) is 1.83. The second-order valence-corrected chi connectivity index (χ2v) is 12.1. The second kappa shape index (κ2) is 15.0. The summed E-state index contributed by atoms with van der Waals surface area (Å²) < 4.78 is 11.9. The molecule has 45 heavy (non-hydrogen) atoms. The molecule has 0 aliphatic carbocycles. The monoisotopic (exact) mass is 751 g/mol. The van der Waals surface area contributed by atoms with Gasteiger partial charge >= 0.3 is 0 Å². The van der Waals surface area contributed by atoms with Crippen molar-refractivity contribution in [2.75, 3.05) is 24.4 Å². The van der Waals surface area contributed by atoms with Crippen molar-refractivity contribution in [1.82, 2.24) is 10.4 Å². The lowest BCUT2D eigenvalue weighted by Crippen LogP contribution is -2.20. The molecule has 0 saturated carbocycles. The number of rotatable bonds is 11. The van der Waals surface area contributed by atoms with Crippen LogP contribution >= 0.6 is 45.5 Å². The number of halogens is 2. The summed E-state index contributed by atoms with van der Waals surface area (Å²) in [7, 11) is 1.51. The number of anilines is 3. The normalized spacial score (nSPS) is 10.8. The fourth-order valence-corrected chi connectivity index (χ4v) is 5.72. The van der Waals surface area contributed by atoms with Gasteiger partial charge in [0.05, 0.1) is 22.6 Å². The van der Waals surface area contributed by atoms with Crippen molar-refractivity contribution in [2.45, 2.75) is 6.92 Å². The van der Waals surface area contributed by atoms with Crippen LogP contribution in [0.2, 0.25) is 5.02 Å². The number of carbonyl (C=O) groups is 2. The molecular formula is C33H27ClIN5O4S. The van der Waals surface area contributed by atoms with Crippen LogP contribution in [-0.4, -0.2) is 36.7 Å². The lowest BCUT2D eigenvalue weighted by Gasteiger charge is -2.13. The summed E-state index contributed by atoms with van der Waals surface area (Å²) in [5.41, 5.74) is 8.17. The molecule has 5 aromatic rings. The molecule has 0 radical (unpaired) electrons. The number of benzene rings is 4. The molecule has 9 nitrogen and oxygen atoms in total. The summed E-state index contributed by atoms with van der Waals surface area (Å²) in [4.78, 5) is 29.7. The number of carbonyl (C=O) groups excluding carboxylic acids is 2. The highest BCUT2D eigenvalue weighted by Crippen LogP contribution is 2.34. The Kier molecular flexibility index (Phi) is 10.7. The Morgan fingerprint density at radius 3 is 2.42 bits per heavy atom. The molecule has 2 amide bonds. The van der Waals surface area contributed by atoms with Gasteiger partial charge in [-0.05, 0) is 95.7 Å². The minimum atomic E-state index is -0.355. The number of nitrogens with one attached hydrogen (secondary N) is 3. The van der Waals surface area contributed by atoms with E-state index >= 15 is 0 Å². The number of amides is 2. The Hall–Kier alpha value is -4.46. The molecule has 1 heterocycles. The molecular weight excluding hydrogens is 725 g/mol. The first kappa shape index (κ1) is 31.9. The van der Waals surface area contributed by atoms with Gasteiger partial charge in [0.2, 0.25) is 0 Å². The van der Waals surface area contributed by atoms with Gasteiger partial charge in [0.25, 0.3) is 11.8 Å². The third-order valence-electron chi connectivity index (χ3n) is 6.36. The Labute approximate surface area is 282 Å². The molecule has 0 bridgehead atoms. The highest BCUT2D eigenvalue weighted by Gasteiger charge is 2.14. The molecule has 0 aliphatic heterocycles. The maximum Gasteiger partial charge on any atom is 0.271 e. The molecule has 228 valence electrons. The fourth-order valence-electron chi connectivity index (χ4n) is 4.07. The van der Waals surface area contributed by atoms with Crippen molar-refractivity contribution in [1.29, 1.82) is 0 Å². The number of aromatic nitrogens is 1. The number of hydrazone groups is 1. The van der Waals surface area contributed by atoms with E-state index in [2.05, 4.69) is 48.7 Å². The van der Waals surface area contributed by atoms with Gasteiger partial charge in [0.1, 0.15) is 0 Å². The van der Waals surface area contributed by atoms with Gasteiger partial charge in [-0.15, -0.1) is 11.3 Å². The first-order valence-corrected chi connectivity index (χ1v) is 15.9. The number of thiazole rings is 1. The van der Waals surface area contributed by atoms with Gasteiger partial charge < -0.3 is 20.1 Å². The quantitative estimate of drug-likeness (QED) is 0.0719. The number of hydrogen-bond donors (Lipinski definition) is 3. The average Bonchev–Trinajstić information content (AvgIpc) is 3.51. The van der Waals surface area contributed by atoms with E-state index in [4.69, 9.17) is 21.1 Å². The van der Waals surface area contributed by atoms with E-state index in [1.54, 1.807) is 48.5 Å². The minimum absolute atomic E-state index is 0.217. The lowest BCUT2D eigenvalue weighted by molar-refractivity contribution is -0.118. The maximum atomic E-state index is 12.7. The first-order valence-electron chi connectivity index (χ1n) is 13.6. The molecule has 0 aliphatic rings. The SMILES string of the molecule is COc1cc(/C=N/NC(=O)c2ccc(-c3csc(Nc4ccc(C)cc4)n3)cc2)cc(I)c1OCC(=O)Nc1ccc(Cl)cc1. The minimum Gasteiger partial charge on any atom is -0.493 e. The summed E-state index contributed by atoms with van der Waals surface area (Å²) in [5.74, 6) is 0.154. The number of nitrogens with zero attached hydrogens (tertiary/aromatic N) is 2. The van der Waals surface area contributed by atoms with E-state index in [0.29, 0.717) is 36.9 Å². The smallest absolute Gasteiger partial charge is 0.271 e. The zero-order chi connectivity index (χ0) is 31.8. The summed E-state index contributed by atoms with van der Waals surface area (Å²) in [6, 6.07) is 25.6. The molecule has 0 atom stereocenters. The zero-order valence-corrected chi connectivity index (χ0v) is 27.9. The number of ether oxygens (including phenoxy) is 2. The molecule has 0 unspecified atom stereocenters. The third kappa shape index (κ3) is 8.81. The maximum absolute atomic E-state index is 12.7. The Morgan fingerprint density at radius 1 is 1.00 bits per heavy atom. The second-order valence-electron chi connectivity index (χ2n) is 9.68. The Bertz CT molecular complexity index is 1830. The van der Waals surface area contributed by atoms with Crippen molar-refractivity contribution in [2.24, 2.45) is 5.10 Å². The van der Waals surface area contributed by atoms with Crippen molar-refractivity contribution >= 4 is 80.1 Å². The van der Waals surface area contributed by atoms with Crippen molar-refractivity contribution in [3.63, 3.8) is 0 Å². The molecule has 3 N–H and O–H groups in total. The highest BCUT2D eigenvalue weighted by molar-refractivity contribution is 14.1. The molecule has 0 fully saturated rings. The van der Waals surface area contributed by atoms with Gasteiger partial charge in [0, 0.05) is 32.9 Å². The molecule has 1 aromatic heterocycles.